The zero-order valence-corrected chi connectivity index (χ0v) is 11.0. The SMILES string of the molecule is Clc1cc(Cl)c(NC2CCCNC2)c(Cl)c1. The molecule has 2 N–H and O–H groups in total. The van der Waals surface area contributed by atoms with Gasteiger partial charge in [-0.3, -0.25) is 0 Å². The molecule has 1 aromatic rings. The van der Waals surface area contributed by atoms with Crippen LogP contribution in [0.3, 0.4) is 0 Å². The number of piperidine rings is 1. The summed E-state index contributed by atoms with van der Waals surface area (Å²) < 4.78 is 0. The van der Waals surface area contributed by atoms with Gasteiger partial charge in [-0.1, -0.05) is 34.8 Å². The Morgan fingerprint density at radius 3 is 2.44 bits per heavy atom. The van der Waals surface area contributed by atoms with Crippen molar-refractivity contribution in [3.63, 3.8) is 0 Å². The summed E-state index contributed by atoms with van der Waals surface area (Å²) in [5, 5.41) is 8.39. The maximum absolute atomic E-state index is 6.10. The van der Waals surface area contributed by atoms with Gasteiger partial charge in [0.2, 0.25) is 0 Å². The quantitative estimate of drug-likeness (QED) is 0.860. The molecule has 0 aromatic heterocycles. The lowest BCUT2D eigenvalue weighted by molar-refractivity contribution is 0.480. The molecule has 1 aliphatic heterocycles. The van der Waals surface area contributed by atoms with Crippen molar-refractivity contribution in [2.24, 2.45) is 0 Å². The first-order chi connectivity index (χ1) is 7.66. The third-order valence-electron chi connectivity index (χ3n) is 2.65. The Hall–Kier alpha value is -0.150. The lowest BCUT2D eigenvalue weighted by atomic mass is 10.1. The van der Waals surface area contributed by atoms with Crippen LogP contribution in [0.5, 0.6) is 0 Å². The van der Waals surface area contributed by atoms with Crippen molar-refractivity contribution in [3.05, 3.63) is 27.2 Å². The van der Waals surface area contributed by atoms with Gasteiger partial charge in [0.05, 0.1) is 15.7 Å². The fraction of sp³-hybridized carbons (Fsp3) is 0.455. The molecule has 0 aliphatic carbocycles. The lowest BCUT2D eigenvalue weighted by Gasteiger charge is -2.25. The van der Waals surface area contributed by atoms with E-state index in [1.807, 2.05) is 0 Å². The lowest BCUT2D eigenvalue weighted by Crippen LogP contribution is -2.38. The van der Waals surface area contributed by atoms with Gasteiger partial charge < -0.3 is 10.6 Å². The molecule has 1 unspecified atom stereocenters. The van der Waals surface area contributed by atoms with Crippen molar-refractivity contribution in [2.75, 3.05) is 18.4 Å². The molecule has 1 aliphatic rings. The van der Waals surface area contributed by atoms with Crippen LogP contribution in [-0.2, 0) is 0 Å². The normalized spacial score (nSPS) is 20.8. The van der Waals surface area contributed by atoms with Crippen LogP contribution < -0.4 is 10.6 Å². The Labute approximate surface area is 110 Å². The van der Waals surface area contributed by atoms with E-state index in [2.05, 4.69) is 10.6 Å². The summed E-state index contributed by atoms with van der Waals surface area (Å²) in [5.41, 5.74) is 0.779. The monoisotopic (exact) mass is 278 g/mol. The highest BCUT2D eigenvalue weighted by Crippen LogP contribution is 2.34. The number of hydrogen-bond acceptors (Lipinski definition) is 2. The Kier molecular flexibility index (Phi) is 4.20. The number of hydrogen-bond donors (Lipinski definition) is 2. The number of benzene rings is 1. The van der Waals surface area contributed by atoms with Gasteiger partial charge in [0.25, 0.3) is 0 Å². The molecule has 1 atom stereocenters. The van der Waals surface area contributed by atoms with Gasteiger partial charge in [-0.05, 0) is 31.5 Å². The van der Waals surface area contributed by atoms with E-state index in [0.717, 1.165) is 25.2 Å². The first-order valence-corrected chi connectivity index (χ1v) is 6.42. The second-order valence-electron chi connectivity index (χ2n) is 3.93. The summed E-state index contributed by atoms with van der Waals surface area (Å²) in [6.07, 6.45) is 2.29. The largest absolute Gasteiger partial charge is 0.379 e. The van der Waals surface area contributed by atoms with Crippen LogP contribution >= 0.6 is 34.8 Å². The average molecular weight is 280 g/mol. The van der Waals surface area contributed by atoms with E-state index in [9.17, 15) is 0 Å². The second-order valence-corrected chi connectivity index (χ2v) is 5.18. The summed E-state index contributed by atoms with van der Waals surface area (Å²) in [7, 11) is 0. The van der Waals surface area contributed by atoms with E-state index in [1.165, 1.54) is 6.42 Å². The van der Waals surface area contributed by atoms with E-state index < -0.39 is 0 Å². The summed E-state index contributed by atoms with van der Waals surface area (Å²) in [6.45, 7) is 2.02. The number of halogens is 3. The van der Waals surface area contributed by atoms with Gasteiger partial charge in [0.1, 0.15) is 0 Å². The fourth-order valence-electron chi connectivity index (χ4n) is 1.86. The minimum absolute atomic E-state index is 0.380. The molecule has 1 fully saturated rings. The molecule has 5 heteroatoms. The standard InChI is InChI=1S/C11H13Cl3N2/c12-7-4-9(13)11(10(14)5-7)16-8-2-1-3-15-6-8/h4-5,8,15-16H,1-3,6H2. The molecule has 88 valence electrons. The van der Waals surface area contributed by atoms with Gasteiger partial charge in [0, 0.05) is 17.6 Å². The smallest absolute Gasteiger partial charge is 0.0722 e. The maximum atomic E-state index is 6.10. The van der Waals surface area contributed by atoms with E-state index in [4.69, 9.17) is 34.8 Å². The van der Waals surface area contributed by atoms with Gasteiger partial charge in [-0.15, -0.1) is 0 Å². The van der Waals surface area contributed by atoms with Gasteiger partial charge in [0.15, 0.2) is 0 Å². The molecular formula is C11H13Cl3N2. The minimum atomic E-state index is 0.380. The highest BCUT2D eigenvalue weighted by atomic mass is 35.5. The summed E-state index contributed by atoms with van der Waals surface area (Å²) in [5.74, 6) is 0. The van der Waals surface area contributed by atoms with Crippen LogP contribution in [0.25, 0.3) is 0 Å². The molecule has 2 nitrogen and oxygen atoms in total. The van der Waals surface area contributed by atoms with Gasteiger partial charge >= 0.3 is 0 Å². The summed E-state index contributed by atoms with van der Waals surface area (Å²) in [6, 6.07) is 3.78. The first kappa shape index (κ1) is 12.3. The second kappa shape index (κ2) is 5.46. The van der Waals surface area contributed by atoms with Crippen LogP contribution in [0.1, 0.15) is 12.8 Å². The van der Waals surface area contributed by atoms with E-state index >= 15 is 0 Å². The Bertz CT molecular complexity index is 352. The summed E-state index contributed by atoms with van der Waals surface area (Å²) >= 11 is 18.1. The van der Waals surface area contributed by atoms with Crippen molar-refractivity contribution < 1.29 is 0 Å². The fourth-order valence-corrected chi connectivity index (χ4v) is 2.79. The van der Waals surface area contributed by atoms with Crippen molar-refractivity contribution >= 4 is 40.5 Å². The predicted molar refractivity (Wildman–Crippen MR) is 71.0 cm³/mol. The first-order valence-electron chi connectivity index (χ1n) is 5.28. The molecule has 0 radical (unpaired) electrons. The van der Waals surface area contributed by atoms with Crippen LogP contribution in [0, 0.1) is 0 Å². The molecular weight excluding hydrogens is 266 g/mol. The van der Waals surface area contributed by atoms with Crippen molar-refractivity contribution in [2.45, 2.75) is 18.9 Å². The zero-order chi connectivity index (χ0) is 11.5. The third-order valence-corrected chi connectivity index (χ3v) is 3.47. The molecule has 0 bridgehead atoms. The Balaban J connectivity index is 2.14. The highest BCUT2D eigenvalue weighted by molar-refractivity contribution is 6.41. The molecule has 1 heterocycles. The topological polar surface area (TPSA) is 24.1 Å². The molecule has 1 saturated heterocycles. The van der Waals surface area contributed by atoms with Crippen LogP contribution in [-0.4, -0.2) is 19.1 Å². The maximum Gasteiger partial charge on any atom is 0.0722 e. The highest BCUT2D eigenvalue weighted by Gasteiger charge is 2.16. The van der Waals surface area contributed by atoms with Crippen molar-refractivity contribution in [3.8, 4) is 0 Å². The minimum Gasteiger partial charge on any atom is -0.379 e. The van der Waals surface area contributed by atoms with Gasteiger partial charge in [-0.2, -0.15) is 0 Å². The van der Waals surface area contributed by atoms with Crippen molar-refractivity contribution in [1.82, 2.24) is 5.32 Å². The number of rotatable bonds is 2. The van der Waals surface area contributed by atoms with Crippen LogP contribution in [0.4, 0.5) is 5.69 Å². The summed E-state index contributed by atoms with van der Waals surface area (Å²) in [4.78, 5) is 0. The molecule has 0 saturated carbocycles. The van der Waals surface area contributed by atoms with Crippen molar-refractivity contribution in [1.29, 1.82) is 0 Å². The van der Waals surface area contributed by atoms with Gasteiger partial charge in [-0.25, -0.2) is 0 Å². The molecule has 0 amide bonds. The molecule has 16 heavy (non-hydrogen) atoms. The van der Waals surface area contributed by atoms with E-state index in [0.29, 0.717) is 21.1 Å². The number of nitrogens with one attached hydrogen (secondary N) is 2. The molecule has 2 rings (SSSR count). The van der Waals surface area contributed by atoms with Crippen LogP contribution in [0.2, 0.25) is 15.1 Å². The van der Waals surface area contributed by atoms with E-state index in [-0.39, 0.29) is 0 Å². The number of anilines is 1. The molecule has 1 aromatic carbocycles. The zero-order valence-electron chi connectivity index (χ0n) is 8.69. The van der Waals surface area contributed by atoms with E-state index in [1.54, 1.807) is 12.1 Å². The third kappa shape index (κ3) is 2.95. The Morgan fingerprint density at radius 2 is 1.88 bits per heavy atom. The molecule has 0 spiro atoms. The Morgan fingerprint density at radius 1 is 1.19 bits per heavy atom. The average Bonchev–Trinajstić information content (AvgIpc) is 2.25. The predicted octanol–water partition coefficient (Wildman–Crippen LogP) is 3.81. The van der Waals surface area contributed by atoms with Crippen LogP contribution in [0.15, 0.2) is 12.1 Å².